The van der Waals surface area contributed by atoms with Crippen LogP contribution in [-0.2, 0) is 24.9 Å². The van der Waals surface area contributed by atoms with Gasteiger partial charge >= 0.3 is 12.0 Å². The van der Waals surface area contributed by atoms with E-state index in [4.69, 9.17) is 4.74 Å². The summed E-state index contributed by atoms with van der Waals surface area (Å²) in [6.45, 7) is -0.451. The van der Waals surface area contributed by atoms with Crippen LogP contribution in [0.4, 0.5) is 4.79 Å². The fourth-order valence-corrected chi connectivity index (χ4v) is 4.35. The Labute approximate surface area is 173 Å². The van der Waals surface area contributed by atoms with Gasteiger partial charge < -0.3 is 15.4 Å². The van der Waals surface area contributed by atoms with Crippen LogP contribution in [0.15, 0.2) is 30.3 Å². The normalized spacial score (nSPS) is 17.4. The number of hydrogen-bond acceptors (Lipinski definition) is 6. The third kappa shape index (κ3) is 5.50. The standard InChI is InChI=1S/C20H25N3O5S/c24-16(21-10-11-29-14-15-6-2-1-3-7-15)13-28-17(25)12-23-18(26)20(22-19(23)27)8-4-5-9-20/h1-3,6-7H,4-5,8-14H2,(H,21,24)(H,22,27). The molecule has 29 heavy (non-hydrogen) atoms. The smallest absolute Gasteiger partial charge is 0.326 e. The first-order valence-electron chi connectivity index (χ1n) is 9.68. The van der Waals surface area contributed by atoms with E-state index in [0.29, 0.717) is 19.4 Å². The van der Waals surface area contributed by atoms with Crippen molar-refractivity contribution in [3.63, 3.8) is 0 Å². The number of rotatable bonds is 9. The molecule has 2 aliphatic rings. The summed E-state index contributed by atoms with van der Waals surface area (Å²) in [7, 11) is 0. The van der Waals surface area contributed by atoms with Crippen LogP contribution in [0.3, 0.4) is 0 Å². The van der Waals surface area contributed by atoms with E-state index in [1.807, 2.05) is 30.3 Å². The zero-order valence-electron chi connectivity index (χ0n) is 16.1. The van der Waals surface area contributed by atoms with Crippen molar-refractivity contribution < 1.29 is 23.9 Å². The van der Waals surface area contributed by atoms with Crippen molar-refractivity contribution >= 4 is 35.6 Å². The van der Waals surface area contributed by atoms with Crippen molar-refractivity contribution in [1.82, 2.24) is 15.5 Å². The molecule has 3 rings (SSSR count). The number of nitrogens with one attached hydrogen (secondary N) is 2. The van der Waals surface area contributed by atoms with E-state index >= 15 is 0 Å². The fourth-order valence-electron chi connectivity index (χ4n) is 3.54. The molecule has 0 bridgehead atoms. The lowest BCUT2D eigenvalue weighted by molar-refractivity contribution is -0.151. The van der Waals surface area contributed by atoms with Gasteiger partial charge in [0.1, 0.15) is 12.1 Å². The number of hydrogen-bond donors (Lipinski definition) is 2. The minimum Gasteiger partial charge on any atom is -0.454 e. The summed E-state index contributed by atoms with van der Waals surface area (Å²) in [5.74, 6) is 0.0234. The molecule has 4 amide bonds. The summed E-state index contributed by atoms with van der Waals surface area (Å²) in [6, 6.07) is 9.45. The SMILES string of the molecule is O=C(COC(=O)CN1C(=O)NC2(CCCC2)C1=O)NCCSCc1ccccc1. The Kier molecular flexibility index (Phi) is 7.13. The number of esters is 1. The molecule has 1 aromatic rings. The van der Waals surface area contributed by atoms with Gasteiger partial charge in [0.2, 0.25) is 0 Å². The van der Waals surface area contributed by atoms with Gasteiger partial charge in [-0.3, -0.25) is 19.3 Å². The quantitative estimate of drug-likeness (QED) is 0.357. The van der Waals surface area contributed by atoms with Gasteiger partial charge in [0.05, 0.1) is 0 Å². The highest BCUT2D eigenvalue weighted by atomic mass is 32.2. The Bertz CT molecular complexity index is 765. The highest BCUT2D eigenvalue weighted by molar-refractivity contribution is 7.98. The summed E-state index contributed by atoms with van der Waals surface area (Å²) in [5, 5.41) is 5.38. The minimum atomic E-state index is -0.855. The van der Waals surface area contributed by atoms with E-state index in [1.165, 1.54) is 5.56 Å². The van der Waals surface area contributed by atoms with Gasteiger partial charge in [-0.2, -0.15) is 11.8 Å². The molecule has 1 saturated carbocycles. The maximum absolute atomic E-state index is 12.5. The van der Waals surface area contributed by atoms with Crippen molar-refractivity contribution in [2.24, 2.45) is 0 Å². The number of nitrogens with zero attached hydrogens (tertiary/aromatic N) is 1. The van der Waals surface area contributed by atoms with E-state index in [2.05, 4.69) is 10.6 Å². The molecular formula is C20H25N3O5S. The first-order valence-corrected chi connectivity index (χ1v) is 10.8. The summed E-state index contributed by atoms with van der Waals surface area (Å²) in [6.07, 6.45) is 2.92. The van der Waals surface area contributed by atoms with E-state index in [1.54, 1.807) is 11.8 Å². The predicted octanol–water partition coefficient (Wildman–Crippen LogP) is 1.44. The third-order valence-electron chi connectivity index (χ3n) is 5.03. The van der Waals surface area contributed by atoms with Crippen LogP contribution in [-0.4, -0.2) is 59.7 Å². The lowest BCUT2D eigenvalue weighted by atomic mass is 9.98. The fraction of sp³-hybridized carbons (Fsp3) is 0.500. The van der Waals surface area contributed by atoms with Gasteiger partial charge in [-0.1, -0.05) is 43.2 Å². The van der Waals surface area contributed by atoms with Crippen LogP contribution in [0.1, 0.15) is 31.2 Å². The van der Waals surface area contributed by atoms with E-state index in [0.717, 1.165) is 29.2 Å². The van der Waals surface area contributed by atoms with Crippen molar-refractivity contribution in [3.05, 3.63) is 35.9 Å². The van der Waals surface area contributed by atoms with E-state index < -0.39 is 36.6 Å². The Morgan fingerprint density at radius 1 is 1.17 bits per heavy atom. The van der Waals surface area contributed by atoms with Crippen molar-refractivity contribution in [1.29, 1.82) is 0 Å². The van der Waals surface area contributed by atoms with Gasteiger partial charge in [-0.25, -0.2) is 4.79 Å². The minimum absolute atomic E-state index is 0.378. The van der Waals surface area contributed by atoms with Crippen LogP contribution in [0.2, 0.25) is 0 Å². The molecule has 9 heteroatoms. The molecule has 0 unspecified atom stereocenters. The zero-order valence-corrected chi connectivity index (χ0v) is 17.0. The van der Waals surface area contributed by atoms with Crippen LogP contribution in [0, 0.1) is 0 Å². The number of carbonyl (C=O) groups is 4. The maximum Gasteiger partial charge on any atom is 0.326 e. The first-order chi connectivity index (χ1) is 14.0. The van der Waals surface area contributed by atoms with Gasteiger partial charge in [-0.05, 0) is 18.4 Å². The number of urea groups is 1. The van der Waals surface area contributed by atoms with Crippen LogP contribution >= 0.6 is 11.8 Å². The van der Waals surface area contributed by atoms with Gasteiger partial charge in [0.25, 0.3) is 11.8 Å². The van der Waals surface area contributed by atoms with Gasteiger partial charge in [0.15, 0.2) is 6.61 Å². The van der Waals surface area contributed by atoms with Crippen LogP contribution in [0.5, 0.6) is 0 Å². The molecule has 8 nitrogen and oxygen atoms in total. The molecule has 1 saturated heterocycles. The lowest BCUT2D eigenvalue weighted by Gasteiger charge is -2.19. The number of imide groups is 1. The molecule has 2 fully saturated rings. The van der Waals surface area contributed by atoms with Crippen molar-refractivity contribution in [3.8, 4) is 0 Å². The third-order valence-corrected chi connectivity index (χ3v) is 6.06. The number of thioether (sulfide) groups is 1. The Morgan fingerprint density at radius 2 is 1.90 bits per heavy atom. The maximum atomic E-state index is 12.5. The topological polar surface area (TPSA) is 105 Å². The van der Waals surface area contributed by atoms with E-state index in [-0.39, 0.29) is 5.91 Å². The number of carbonyl (C=O) groups excluding carboxylic acids is 4. The van der Waals surface area contributed by atoms with Gasteiger partial charge in [0, 0.05) is 18.1 Å². The summed E-state index contributed by atoms with van der Waals surface area (Å²) in [4.78, 5) is 49.1. The molecule has 1 aliphatic carbocycles. The highest BCUT2D eigenvalue weighted by Crippen LogP contribution is 2.34. The number of amides is 4. The molecule has 1 heterocycles. The number of benzene rings is 1. The Balaban J connectivity index is 1.30. The Hall–Kier alpha value is -2.55. The molecule has 0 radical (unpaired) electrons. The second-order valence-corrected chi connectivity index (χ2v) is 8.26. The molecule has 0 aromatic heterocycles. The highest BCUT2D eigenvalue weighted by Gasteiger charge is 2.52. The molecule has 1 aromatic carbocycles. The summed E-state index contributed by atoms with van der Waals surface area (Å²) in [5.41, 5.74) is 0.365. The molecule has 1 aliphatic heterocycles. The summed E-state index contributed by atoms with van der Waals surface area (Å²) < 4.78 is 4.91. The van der Waals surface area contributed by atoms with Crippen LogP contribution < -0.4 is 10.6 Å². The van der Waals surface area contributed by atoms with Gasteiger partial charge in [-0.15, -0.1) is 0 Å². The average molecular weight is 420 g/mol. The van der Waals surface area contributed by atoms with E-state index in [9.17, 15) is 19.2 Å². The molecule has 156 valence electrons. The predicted molar refractivity (Wildman–Crippen MR) is 108 cm³/mol. The molecule has 1 spiro atoms. The lowest BCUT2D eigenvalue weighted by Crippen LogP contribution is -2.44. The number of ether oxygens (including phenoxy) is 1. The largest absolute Gasteiger partial charge is 0.454 e. The Morgan fingerprint density at radius 3 is 2.62 bits per heavy atom. The zero-order chi connectivity index (χ0) is 20.7. The molecular weight excluding hydrogens is 394 g/mol. The van der Waals surface area contributed by atoms with Crippen LogP contribution in [0.25, 0.3) is 0 Å². The average Bonchev–Trinajstić information content (AvgIpc) is 3.27. The second-order valence-electron chi connectivity index (χ2n) is 7.16. The second kappa shape index (κ2) is 9.78. The first kappa shape index (κ1) is 21.2. The molecule has 0 atom stereocenters. The molecule has 2 N–H and O–H groups in total. The van der Waals surface area contributed by atoms with Crippen molar-refractivity contribution in [2.75, 3.05) is 25.4 Å². The summed E-state index contributed by atoms with van der Waals surface area (Å²) >= 11 is 1.69. The monoisotopic (exact) mass is 419 g/mol. The van der Waals surface area contributed by atoms with Crippen molar-refractivity contribution in [2.45, 2.75) is 37.0 Å².